The van der Waals surface area contributed by atoms with Gasteiger partial charge in [-0.2, -0.15) is 0 Å². The van der Waals surface area contributed by atoms with Gasteiger partial charge in [-0.25, -0.2) is 0 Å². The molecular weight excluding hydrogens is 560 g/mol. The number of benzene rings is 4. The molecule has 0 unspecified atom stereocenters. The summed E-state index contributed by atoms with van der Waals surface area (Å²) in [5, 5.41) is 4.60. The van der Waals surface area contributed by atoms with E-state index in [9.17, 15) is 9.59 Å². The van der Waals surface area contributed by atoms with Crippen LogP contribution in [0.5, 0.6) is 0 Å². The maximum atomic E-state index is 14.0. The predicted molar refractivity (Wildman–Crippen MR) is 183 cm³/mol. The first-order valence-corrected chi connectivity index (χ1v) is 16.3. The molecule has 0 radical (unpaired) electrons. The van der Waals surface area contributed by atoms with Gasteiger partial charge in [0.05, 0.1) is 12.1 Å². The number of carbonyl (C=O) groups is 2. The highest BCUT2D eigenvalue weighted by Gasteiger charge is 2.40. The zero-order valence-electron chi connectivity index (χ0n) is 26.9. The minimum atomic E-state index is -0.673. The molecule has 4 aromatic carbocycles. The number of carbonyl (C=O) groups excluding carboxylic acids is 2. The first-order chi connectivity index (χ1) is 21.7. The van der Waals surface area contributed by atoms with Crippen molar-refractivity contribution in [1.82, 2.24) is 9.80 Å². The first-order valence-electron chi connectivity index (χ1n) is 16.3. The van der Waals surface area contributed by atoms with Gasteiger partial charge in [0.15, 0.2) is 0 Å². The average Bonchev–Trinajstić information content (AvgIpc) is 3.04. The predicted octanol–water partition coefficient (Wildman–Crippen LogP) is 5.31. The first kappa shape index (κ1) is 32.6. The lowest BCUT2D eigenvalue weighted by Crippen LogP contribution is -2.65. The zero-order valence-corrected chi connectivity index (χ0v) is 26.9. The van der Waals surface area contributed by atoms with Crippen LogP contribution in [-0.4, -0.2) is 72.6 Å². The number of nitrogens with zero attached hydrogens (tertiary/aromatic N) is 2. The molecule has 4 N–H and O–H groups in total. The number of amides is 2. The second kappa shape index (κ2) is 15.0. The summed E-state index contributed by atoms with van der Waals surface area (Å²) in [5.74, 6) is 0.222. The standard InChI is InChI=1S/C38H48N4O3/c1-26(2)19-34-25-41(37(43)35(39)22-27-14-16-29-9-4-6-11-31(29)20-27)33(13-8-18-45-3)24-42(34)38(44)36(40)23-28-15-17-30-10-5-7-12-32(30)21-28/h4-7,9-12,14-17,20-21,26,33-36H,8,13,18-19,22-25,39-40H2,1-3H3/t33-,34+,35+,36+/m0/s1. The van der Waals surface area contributed by atoms with E-state index in [0.29, 0.717) is 38.5 Å². The van der Waals surface area contributed by atoms with Gasteiger partial charge in [0.2, 0.25) is 11.8 Å². The lowest BCUT2D eigenvalue weighted by molar-refractivity contribution is -0.149. The van der Waals surface area contributed by atoms with Gasteiger partial charge in [0.25, 0.3) is 0 Å². The molecule has 1 aliphatic heterocycles. The zero-order chi connectivity index (χ0) is 31.9. The third kappa shape index (κ3) is 8.09. The monoisotopic (exact) mass is 608 g/mol. The van der Waals surface area contributed by atoms with E-state index >= 15 is 0 Å². The summed E-state index contributed by atoms with van der Waals surface area (Å²) >= 11 is 0. The molecule has 7 nitrogen and oxygen atoms in total. The molecule has 0 saturated carbocycles. The van der Waals surface area contributed by atoms with E-state index in [1.807, 2.05) is 34.1 Å². The van der Waals surface area contributed by atoms with Crippen LogP contribution in [0.3, 0.4) is 0 Å². The van der Waals surface area contributed by atoms with Crippen LogP contribution in [-0.2, 0) is 27.2 Å². The third-order valence-electron chi connectivity index (χ3n) is 9.07. The van der Waals surface area contributed by atoms with Crippen molar-refractivity contribution in [3.05, 3.63) is 96.1 Å². The summed E-state index contributed by atoms with van der Waals surface area (Å²) in [6.45, 7) is 5.79. The van der Waals surface area contributed by atoms with Gasteiger partial charge in [-0.05, 0) is 70.7 Å². The lowest BCUT2D eigenvalue weighted by Gasteiger charge is -2.48. The van der Waals surface area contributed by atoms with Crippen LogP contribution in [0.15, 0.2) is 84.9 Å². The summed E-state index contributed by atoms with van der Waals surface area (Å²) in [4.78, 5) is 32.0. The van der Waals surface area contributed by atoms with E-state index < -0.39 is 12.1 Å². The number of ether oxygens (including phenoxy) is 1. The number of piperazine rings is 1. The molecule has 5 rings (SSSR count). The summed E-state index contributed by atoms with van der Waals surface area (Å²) in [6.07, 6.45) is 3.20. The molecule has 1 saturated heterocycles. The molecule has 4 atom stereocenters. The Labute approximate surface area is 267 Å². The highest BCUT2D eigenvalue weighted by Crippen LogP contribution is 2.26. The van der Waals surface area contributed by atoms with Crippen molar-refractivity contribution in [2.75, 3.05) is 26.8 Å². The molecule has 0 spiro atoms. The Morgan fingerprint density at radius 2 is 1.20 bits per heavy atom. The van der Waals surface area contributed by atoms with Crippen LogP contribution >= 0.6 is 0 Å². The van der Waals surface area contributed by atoms with E-state index in [1.54, 1.807) is 7.11 Å². The highest BCUT2D eigenvalue weighted by atomic mass is 16.5. The Bertz CT molecular complexity index is 1600. The van der Waals surface area contributed by atoms with Crippen molar-refractivity contribution < 1.29 is 14.3 Å². The second-order valence-corrected chi connectivity index (χ2v) is 13.0. The quantitative estimate of drug-likeness (QED) is 0.212. The Morgan fingerprint density at radius 1 is 0.733 bits per heavy atom. The minimum Gasteiger partial charge on any atom is -0.385 e. The minimum absolute atomic E-state index is 0.0573. The van der Waals surface area contributed by atoms with Gasteiger partial charge in [-0.3, -0.25) is 9.59 Å². The molecule has 4 aromatic rings. The van der Waals surface area contributed by atoms with E-state index in [0.717, 1.165) is 51.9 Å². The van der Waals surface area contributed by atoms with E-state index in [-0.39, 0.29) is 23.9 Å². The molecule has 238 valence electrons. The molecule has 7 heteroatoms. The molecule has 0 aromatic heterocycles. The highest BCUT2D eigenvalue weighted by molar-refractivity contribution is 5.87. The van der Waals surface area contributed by atoms with Gasteiger partial charge in [-0.15, -0.1) is 0 Å². The van der Waals surface area contributed by atoms with Crippen LogP contribution in [0, 0.1) is 5.92 Å². The van der Waals surface area contributed by atoms with Crippen molar-refractivity contribution in [1.29, 1.82) is 0 Å². The summed E-state index contributed by atoms with van der Waals surface area (Å²) in [5.41, 5.74) is 15.4. The molecular formula is C38H48N4O3. The van der Waals surface area contributed by atoms with Crippen LogP contribution < -0.4 is 11.5 Å². The van der Waals surface area contributed by atoms with Crippen LogP contribution in [0.2, 0.25) is 0 Å². The Morgan fingerprint density at radius 3 is 1.69 bits per heavy atom. The summed E-state index contributed by atoms with van der Waals surface area (Å²) in [6, 6.07) is 27.3. The number of nitrogens with two attached hydrogens (primary N) is 2. The Balaban J connectivity index is 1.33. The third-order valence-corrected chi connectivity index (χ3v) is 9.07. The normalized spacial score (nSPS) is 18.4. The second-order valence-electron chi connectivity index (χ2n) is 13.0. The van der Waals surface area contributed by atoms with Crippen LogP contribution in [0.4, 0.5) is 0 Å². The molecule has 0 aliphatic carbocycles. The van der Waals surface area contributed by atoms with Crippen molar-refractivity contribution >= 4 is 33.4 Å². The van der Waals surface area contributed by atoms with Crippen LogP contribution in [0.25, 0.3) is 21.5 Å². The fourth-order valence-electron chi connectivity index (χ4n) is 6.79. The molecule has 0 bridgehead atoms. The van der Waals surface area contributed by atoms with Crippen LogP contribution in [0.1, 0.15) is 44.2 Å². The van der Waals surface area contributed by atoms with Crippen molar-refractivity contribution in [3.8, 4) is 0 Å². The largest absolute Gasteiger partial charge is 0.385 e. The molecule has 1 heterocycles. The van der Waals surface area contributed by atoms with Gasteiger partial charge in [0.1, 0.15) is 0 Å². The topological polar surface area (TPSA) is 102 Å². The maximum Gasteiger partial charge on any atom is 0.240 e. The fourth-order valence-corrected chi connectivity index (χ4v) is 6.79. The Kier molecular flexibility index (Phi) is 10.9. The van der Waals surface area contributed by atoms with Crippen molar-refractivity contribution in [2.45, 2.75) is 70.1 Å². The van der Waals surface area contributed by atoms with E-state index in [1.165, 1.54) is 0 Å². The van der Waals surface area contributed by atoms with Crippen molar-refractivity contribution in [2.24, 2.45) is 17.4 Å². The SMILES string of the molecule is COCCC[C@H]1CN(C(=O)[C@H](N)Cc2ccc3ccccc3c2)[C@H](CC(C)C)CN1C(=O)[C@H](N)Cc1ccc2ccccc2c1. The summed E-state index contributed by atoms with van der Waals surface area (Å²) in [7, 11) is 1.68. The lowest BCUT2D eigenvalue weighted by atomic mass is 9.93. The molecule has 45 heavy (non-hydrogen) atoms. The van der Waals surface area contributed by atoms with E-state index in [4.69, 9.17) is 16.2 Å². The number of methoxy groups -OCH3 is 1. The Hall–Kier alpha value is -3.78. The van der Waals surface area contributed by atoms with E-state index in [2.05, 4.69) is 74.5 Å². The maximum absolute atomic E-state index is 14.0. The van der Waals surface area contributed by atoms with Gasteiger partial charge in [-0.1, -0.05) is 98.8 Å². The van der Waals surface area contributed by atoms with Gasteiger partial charge < -0.3 is 26.0 Å². The molecule has 1 fully saturated rings. The number of rotatable bonds is 12. The number of hydrogen-bond donors (Lipinski definition) is 2. The van der Waals surface area contributed by atoms with Gasteiger partial charge in [0, 0.05) is 38.9 Å². The van der Waals surface area contributed by atoms with Crippen molar-refractivity contribution in [3.63, 3.8) is 0 Å². The van der Waals surface area contributed by atoms with Gasteiger partial charge >= 0.3 is 0 Å². The molecule has 1 aliphatic rings. The smallest absolute Gasteiger partial charge is 0.240 e. The number of fused-ring (bicyclic) bond motifs is 2. The molecule has 2 amide bonds. The number of hydrogen-bond acceptors (Lipinski definition) is 5. The fraction of sp³-hybridized carbons (Fsp3) is 0.421. The summed E-state index contributed by atoms with van der Waals surface area (Å²) < 4.78 is 5.34. The average molecular weight is 609 g/mol.